The first kappa shape index (κ1) is 22.0. The fraction of sp³-hybridized carbons (Fsp3) is 0.280. The Kier molecular flexibility index (Phi) is 5.41. The van der Waals surface area contributed by atoms with Gasteiger partial charge in [0.15, 0.2) is 5.65 Å². The summed E-state index contributed by atoms with van der Waals surface area (Å²) in [5.41, 5.74) is 16.8. The molecular formula is C25H24Cl2N6S. The smallest absolute Gasteiger partial charge is 0.213 e. The van der Waals surface area contributed by atoms with E-state index in [1.807, 2.05) is 22.7 Å². The van der Waals surface area contributed by atoms with Crippen molar-refractivity contribution in [1.29, 1.82) is 0 Å². The molecule has 174 valence electrons. The molecule has 0 radical (unpaired) electrons. The highest BCUT2D eigenvalue weighted by atomic mass is 35.5. The minimum Gasteiger partial charge on any atom is -0.383 e. The number of hydrogen-bond acceptors (Lipinski definition) is 6. The summed E-state index contributed by atoms with van der Waals surface area (Å²) in [5, 5.41) is 1.00. The van der Waals surface area contributed by atoms with Crippen molar-refractivity contribution in [1.82, 2.24) is 14.4 Å². The number of nitrogens with two attached hydrogens (primary N) is 2. The molecule has 0 bridgehead atoms. The molecule has 3 heterocycles. The highest BCUT2D eigenvalue weighted by Gasteiger charge is 2.46. The molecule has 0 unspecified atom stereocenters. The molecule has 34 heavy (non-hydrogen) atoms. The van der Waals surface area contributed by atoms with Crippen LogP contribution in [0.1, 0.15) is 30.0 Å². The van der Waals surface area contributed by atoms with Crippen LogP contribution >= 0.6 is 35.0 Å². The Morgan fingerprint density at radius 2 is 1.85 bits per heavy atom. The molecule has 1 aliphatic heterocycles. The topological polar surface area (TPSA) is 85.5 Å². The third-order valence-corrected chi connectivity index (χ3v) is 9.36. The van der Waals surface area contributed by atoms with Crippen LogP contribution in [0.3, 0.4) is 0 Å². The second-order valence-electron chi connectivity index (χ2n) is 9.10. The van der Waals surface area contributed by atoms with E-state index in [2.05, 4.69) is 34.1 Å². The number of nitrogen functional groups attached to an aromatic ring is 1. The predicted molar refractivity (Wildman–Crippen MR) is 139 cm³/mol. The second-order valence-corrected chi connectivity index (χ2v) is 10.9. The van der Waals surface area contributed by atoms with Gasteiger partial charge in [0.05, 0.1) is 14.9 Å². The van der Waals surface area contributed by atoms with Gasteiger partial charge in [-0.25, -0.2) is 4.98 Å². The zero-order chi connectivity index (χ0) is 23.4. The van der Waals surface area contributed by atoms with Gasteiger partial charge in [0, 0.05) is 36.4 Å². The number of anilines is 2. The summed E-state index contributed by atoms with van der Waals surface area (Å²) in [6.07, 6.45) is 6.77. The van der Waals surface area contributed by atoms with E-state index >= 15 is 0 Å². The summed E-state index contributed by atoms with van der Waals surface area (Å²) in [5.74, 6) is 1.24. The van der Waals surface area contributed by atoms with Crippen LogP contribution in [0.4, 0.5) is 11.8 Å². The number of rotatable bonds is 3. The number of hydrogen-bond donors (Lipinski definition) is 2. The quantitative estimate of drug-likeness (QED) is 0.372. The van der Waals surface area contributed by atoms with Crippen LogP contribution in [-0.4, -0.2) is 27.5 Å². The van der Waals surface area contributed by atoms with Crippen LogP contribution in [0.2, 0.25) is 10.0 Å². The van der Waals surface area contributed by atoms with Gasteiger partial charge >= 0.3 is 0 Å². The van der Waals surface area contributed by atoms with Crippen LogP contribution < -0.4 is 16.4 Å². The summed E-state index contributed by atoms with van der Waals surface area (Å²) in [6.45, 7) is 1.74. The Hall–Kier alpha value is -2.45. The van der Waals surface area contributed by atoms with E-state index in [9.17, 15) is 0 Å². The third kappa shape index (κ3) is 3.45. The lowest BCUT2D eigenvalue weighted by Crippen LogP contribution is -2.45. The first-order valence-electron chi connectivity index (χ1n) is 11.3. The Morgan fingerprint density at radius 3 is 2.65 bits per heavy atom. The molecule has 4 N–H and O–H groups in total. The van der Waals surface area contributed by atoms with Crippen molar-refractivity contribution < 1.29 is 0 Å². The maximum Gasteiger partial charge on any atom is 0.213 e. The van der Waals surface area contributed by atoms with Crippen molar-refractivity contribution in [3.63, 3.8) is 0 Å². The highest BCUT2D eigenvalue weighted by molar-refractivity contribution is 7.99. The van der Waals surface area contributed by atoms with Gasteiger partial charge in [0.25, 0.3) is 0 Å². The molecule has 1 atom stereocenters. The normalized spacial score (nSPS) is 19.1. The largest absolute Gasteiger partial charge is 0.383 e. The van der Waals surface area contributed by atoms with Gasteiger partial charge in [-0.1, -0.05) is 65.3 Å². The van der Waals surface area contributed by atoms with Gasteiger partial charge in [0.2, 0.25) is 5.95 Å². The Labute approximate surface area is 212 Å². The molecule has 6 nitrogen and oxygen atoms in total. The van der Waals surface area contributed by atoms with Crippen molar-refractivity contribution in [3.05, 3.63) is 76.0 Å². The summed E-state index contributed by atoms with van der Waals surface area (Å²) in [7, 11) is 0. The van der Waals surface area contributed by atoms with Gasteiger partial charge in [0.1, 0.15) is 5.82 Å². The average Bonchev–Trinajstić information content (AvgIpc) is 3.43. The molecule has 0 saturated carbocycles. The molecular weight excluding hydrogens is 487 g/mol. The van der Waals surface area contributed by atoms with Crippen molar-refractivity contribution in [2.45, 2.75) is 35.1 Å². The van der Waals surface area contributed by atoms with E-state index in [0.29, 0.717) is 15.9 Å². The summed E-state index contributed by atoms with van der Waals surface area (Å²) >= 11 is 14.1. The Balaban J connectivity index is 1.29. The first-order valence-corrected chi connectivity index (χ1v) is 12.9. The van der Waals surface area contributed by atoms with Gasteiger partial charge < -0.3 is 16.4 Å². The zero-order valence-corrected chi connectivity index (χ0v) is 20.7. The minimum absolute atomic E-state index is 0.0818. The van der Waals surface area contributed by atoms with E-state index in [1.54, 1.807) is 12.3 Å². The SMILES string of the molecule is Nc1nc(N2CCC3(CC2)Cc2ccccc2[C@H]3N)n2ccnc2c1Sc1cccc(Cl)c1Cl. The van der Waals surface area contributed by atoms with E-state index in [-0.39, 0.29) is 11.5 Å². The van der Waals surface area contributed by atoms with Crippen LogP contribution in [0.5, 0.6) is 0 Å². The van der Waals surface area contributed by atoms with Gasteiger partial charge in [-0.2, -0.15) is 4.98 Å². The van der Waals surface area contributed by atoms with E-state index in [1.165, 1.54) is 22.9 Å². The third-order valence-electron chi connectivity index (χ3n) is 7.28. The van der Waals surface area contributed by atoms with E-state index in [0.717, 1.165) is 53.7 Å². The van der Waals surface area contributed by atoms with Crippen molar-refractivity contribution in [3.8, 4) is 0 Å². The lowest BCUT2D eigenvalue weighted by atomic mass is 9.73. The molecule has 4 aromatic rings. The first-order chi connectivity index (χ1) is 16.5. The molecule has 1 spiro atoms. The fourth-order valence-electron chi connectivity index (χ4n) is 5.41. The van der Waals surface area contributed by atoms with Crippen LogP contribution in [0.25, 0.3) is 5.65 Å². The van der Waals surface area contributed by atoms with Gasteiger partial charge in [-0.15, -0.1) is 0 Å². The molecule has 2 aliphatic rings. The van der Waals surface area contributed by atoms with Gasteiger partial charge in [-0.05, 0) is 47.9 Å². The minimum atomic E-state index is 0.0818. The molecule has 1 saturated heterocycles. The molecule has 0 amide bonds. The molecule has 2 aromatic carbocycles. The number of halogens is 2. The molecule has 6 rings (SSSR count). The van der Waals surface area contributed by atoms with Crippen LogP contribution in [0, 0.1) is 5.41 Å². The average molecular weight is 511 g/mol. The summed E-state index contributed by atoms with van der Waals surface area (Å²) in [4.78, 5) is 13.3. The van der Waals surface area contributed by atoms with Crippen LogP contribution in [-0.2, 0) is 6.42 Å². The van der Waals surface area contributed by atoms with Crippen molar-refractivity contribution in [2.75, 3.05) is 23.7 Å². The lowest BCUT2D eigenvalue weighted by Gasteiger charge is -2.42. The van der Waals surface area contributed by atoms with E-state index < -0.39 is 0 Å². The Bertz CT molecular complexity index is 1400. The molecule has 1 fully saturated rings. The summed E-state index contributed by atoms with van der Waals surface area (Å²) < 4.78 is 2.01. The number of benzene rings is 2. The standard InChI is InChI=1S/C25H24Cl2N6S/c26-17-6-3-7-18(19(17)27)34-20-22(29)31-24(33-13-10-30-23(20)33)32-11-8-25(9-12-32)14-15-4-1-2-5-16(15)21(25)28/h1-7,10,13,21H,8-9,11-12,14,28-29H2/t21-/m1/s1. The van der Waals surface area contributed by atoms with Crippen molar-refractivity contribution in [2.24, 2.45) is 11.1 Å². The maximum atomic E-state index is 6.76. The highest BCUT2D eigenvalue weighted by Crippen LogP contribution is 2.51. The molecule has 2 aromatic heterocycles. The van der Waals surface area contributed by atoms with Crippen molar-refractivity contribution >= 4 is 52.4 Å². The molecule has 1 aliphatic carbocycles. The second kappa shape index (κ2) is 8.34. The molecule has 9 heteroatoms. The van der Waals surface area contributed by atoms with E-state index in [4.69, 9.17) is 39.7 Å². The monoisotopic (exact) mass is 510 g/mol. The number of piperidine rings is 1. The van der Waals surface area contributed by atoms with Crippen LogP contribution in [0.15, 0.2) is 64.6 Å². The zero-order valence-electron chi connectivity index (χ0n) is 18.4. The van der Waals surface area contributed by atoms with Gasteiger partial charge in [-0.3, -0.25) is 4.40 Å². The number of nitrogens with zero attached hydrogens (tertiary/aromatic N) is 4. The fourth-order valence-corrected chi connectivity index (χ4v) is 6.84. The predicted octanol–water partition coefficient (Wildman–Crippen LogP) is 5.61. The maximum absolute atomic E-state index is 6.76. The number of imidazole rings is 1. The summed E-state index contributed by atoms with van der Waals surface area (Å²) in [6, 6.07) is 14.2. The lowest BCUT2D eigenvalue weighted by molar-refractivity contribution is 0.187. The number of aromatic nitrogens is 3. The Morgan fingerprint density at radius 1 is 1.06 bits per heavy atom. The number of fused-ring (bicyclic) bond motifs is 2.